The lowest BCUT2D eigenvalue weighted by Gasteiger charge is -2.24. The Morgan fingerprint density at radius 2 is 1.85 bits per heavy atom. The number of hydrogen-bond donors (Lipinski definition) is 0. The molecule has 0 aliphatic heterocycles. The van der Waals surface area contributed by atoms with Crippen molar-refractivity contribution in [3.63, 3.8) is 0 Å². The molecule has 2 aromatic carbocycles. The predicted octanol–water partition coefficient (Wildman–Crippen LogP) is 5.72. The molecule has 0 fully saturated rings. The standard InChI is InChI=1S/C20H22F3N3/c1-4-5-13-25-19(24-2)15-9-8-10-16(14-15)26(3)18-12-7-6-11-17(18)20(21,22)23/h6-12,14H,2,4-5,13H2,1,3H3. The number of para-hydroxylation sites is 1. The Morgan fingerprint density at radius 3 is 2.50 bits per heavy atom. The van der Waals surface area contributed by atoms with Gasteiger partial charge in [-0.05, 0) is 37.4 Å². The maximum absolute atomic E-state index is 13.3. The first-order valence-corrected chi connectivity index (χ1v) is 8.40. The summed E-state index contributed by atoms with van der Waals surface area (Å²) in [4.78, 5) is 9.90. The average molecular weight is 361 g/mol. The van der Waals surface area contributed by atoms with Crippen LogP contribution in [0, 0.1) is 0 Å². The van der Waals surface area contributed by atoms with Crippen LogP contribution >= 0.6 is 0 Å². The Bertz CT molecular complexity index is 782. The molecular formula is C20H22F3N3. The number of aliphatic imine (C=N–C) groups is 2. The van der Waals surface area contributed by atoms with Gasteiger partial charge in [0.25, 0.3) is 0 Å². The molecule has 0 aliphatic carbocycles. The number of unbranched alkanes of at least 4 members (excludes halogenated alkanes) is 1. The summed E-state index contributed by atoms with van der Waals surface area (Å²) in [5.41, 5.74) is 0.760. The summed E-state index contributed by atoms with van der Waals surface area (Å²) in [7, 11) is 1.61. The Kier molecular flexibility index (Phi) is 6.55. The molecule has 0 unspecified atom stereocenters. The molecule has 0 saturated heterocycles. The number of hydrogen-bond acceptors (Lipinski definition) is 2. The van der Waals surface area contributed by atoms with Gasteiger partial charge in [0.05, 0.1) is 11.3 Å². The van der Waals surface area contributed by atoms with Crippen LogP contribution < -0.4 is 4.90 Å². The molecule has 0 atom stereocenters. The van der Waals surface area contributed by atoms with Crippen LogP contribution in [0.15, 0.2) is 58.5 Å². The maximum Gasteiger partial charge on any atom is 0.418 e. The lowest BCUT2D eigenvalue weighted by molar-refractivity contribution is -0.137. The molecule has 0 amide bonds. The third-order valence-electron chi connectivity index (χ3n) is 3.99. The van der Waals surface area contributed by atoms with Crippen molar-refractivity contribution in [3.05, 3.63) is 59.7 Å². The fourth-order valence-electron chi connectivity index (χ4n) is 2.57. The van der Waals surface area contributed by atoms with Crippen molar-refractivity contribution in [2.75, 3.05) is 18.5 Å². The number of benzene rings is 2. The number of anilines is 2. The van der Waals surface area contributed by atoms with Gasteiger partial charge in [-0.2, -0.15) is 13.2 Å². The minimum absolute atomic E-state index is 0.0909. The van der Waals surface area contributed by atoms with Gasteiger partial charge in [-0.3, -0.25) is 4.99 Å². The van der Waals surface area contributed by atoms with E-state index in [0.717, 1.165) is 24.5 Å². The Balaban J connectivity index is 2.39. The lowest BCUT2D eigenvalue weighted by atomic mass is 10.1. The minimum atomic E-state index is -4.42. The highest BCUT2D eigenvalue weighted by molar-refractivity contribution is 6.02. The van der Waals surface area contributed by atoms with Crippen LogP contribution in [0.2, 0.25) is 0 Å². The first-order chi connectivity index (χ1) is 12.4. The molecule has 0 radical (unpaired) electrons. The molecule has 2 aromatic rings. The van der Waals surface area contributed by atoms with E-state index in [-0.39, 0.29) is 5.69 Å². The predicted molar refractivity (Wildman–Crippen MR) is 102 cm³/mol. The molecule has 0 N–H and O–H groups in total. The zero-order valence-electron chi connectivity index (χ0n) is 14.9. The maximum atomic E-state index is 13.3. The van der Waals surface area contributed by atoms with Crippen LogP contribution in [0.1, 0.15) is 30.9 Å². The molecule has 3 nitrogen and oxygen atoms in total. The van der Waals surface area contributed by atoms with Gasteiger partial charge in [0.15, 0.2) is 5.84 Å². The van der Waals surface area contributed by atoms with E-state index in [4.69, 9.17) is 0 Å². The molecule has 6 heteroatoms. The third-order valence-corrected chi connectivity index (χ3v) is 3.99. The van der Waals surface area contributed by atoms with Gasteiger partial charge in [0, 0.05) is 24.8 Å². The van der Waals surface area contributed by atoms with E-state index >= 15 is 0 Å². The van der Waals surface area contributed by atoms with Crippen molar-refractivity contribution >= 4 is 23.9 Å². The fourth-order valence-corrected chi connectivity index (χ4v) is 2.57. The van der Waals surface area contributed by atoms with E-state index in [1.807, 2.05) is 6.07 Å². The van der Waals surface area contributed by atoms with Crippen molar-refractivity contribution in [2.24, 2.45) is 9.98 Å². The van der Waals surface area contributed by atoms with E-state index < -0.39 is 11.7 Å². The average Bonchev–Trinajstić information content (AvgIpc) is 2.64. The van der Waals surface area contributed by atoms with Gasteiger partial charge >= 0.3 is 6.18 Å². The van der Waals surface area contributed by atoms with E-state index in [0.29, 0.717) is 18.1 Å². The molecule has 0 aromatic heterocycles. The summed E-state index contributed by atoms with van der Waals surface area (Å²) in [5.74, 6) is 0.498. The first-order valence-electron chi connectivity index (χ1n) is 8.40. The number of rotatable bonds is 6. The smallest absolute Gasteiger partial charge is 0.344 e. The Labute approximate surface area is 151 Å². The van der Waals surface area contributed by atoms with Crippen LogP contribution in [0.3, 0.4) is 0 Å². The summed E-state index contributed by atoms with van der Waals surface area (Å²) in [6.07, 6.45) is -2.46. The van der Waals surface area contributed by atoms with Gasteiger partial charge in [-0.25, -0.2) is 4.99 Å². The second-order valence-corrected chi connectivity index (χ2v) is 5.84. The zero-order chi connectivity index (χ0) is 19.2. The van der Waals surface area contributed by atoms with Crippen LogP contribution in [-0.2, 0) is 6.18 Å². The highest BCUT2D eigenvalue weighted by atomic mass is 19.4. The normalized spacial score (nSPS) is 12.1. The van der Waals surface area contributed by atoms with E-state index in [1.54, 1.807) is 31.3 Å². The van der Waals surface area contributed by atoms with Crippen LogP contribution in [0.5, 0.6) is 0 Å². The third kappa shape index (κ3) is 4.71. The van der Waals surface area contributed by atoms with Crippen LogP contribution in [-0.4, -0.2) is 26.1 Å². The SMILES string of the molecule is C=NC(=NCCCC)c1cccc(N(C)c2ccccc2C(F)(F)F)c1. The molecule has 2 rings (SSSR count). The molecule has 138 valence electrons. The van der Waals surface area contributed by atoms with E-state index in [2.05, 4.69) is 23.6 Å². The Morgan fingerprint density at radius 1 is 1.12 bits per heavy atom. The summed E-state index contributed by atoms with van der Waals surface area (Å²) < 4.78 is 39.9. The monoisotopic (exact) mass is 361 g/mol. The van der Waals surface area contributed by atoms with Crippen LogP contribution in [0.4, 0.5) is 24.5 Å². The summed E-state index contributed by atoms with van der Waals surface area (Å²) in [5, 5.41) is 0. The van der Waals surface area contributed by atoms with Gasteiger partial charge < -0.3 is 4.90 Å². The second-order valence-electron chi connectivity index (χ2n) is 5.84. The Hall–Kier alpha value is -2.63. The lowest BCUT2D eigenvalue weighted by Crippen LogP contribution is -2.16. The number of amidine groups is 1. The van der Waals surface area contributed by atoms with Gasteiger partial charge in [-0.15, -0.1) is 0 Å². The second kappa shape index (κ2) is 8.65. The van der Waals surface area contributed by atoms with Crippen molar-refractivity contribution < 1.29 is 13.2 Å². The molecule has 0 saturated carbocycles. The topological polar surface area (TPSA) is 28.0 Å². The van der Waals surface area contributed by atoms with Crippen LogP contribution in [0.25, 0.3) is 0 Å². The van der Waals surface area contributed by atoms with Crippen molar-refractivity contribution in [2.45, 2.75) is 25.9 Å². The fraction of sp³-hybridized carbons (Fsp3) is 0.300. The summed E-state index contributed by atoms with van der Waals surface area (Å²) in [6, 6.07) is 12.6. The zero-order valence-corrected chi connectivity index (χ0v) is 14.9. The number of alkyl halides is 3. The number of halogens is 3. The van der Waals surface area contributed by atoms with Gasteiger partial charge in [0.1, 0.15) is 0 Å². The molecule has 0 heterocycles. The molecular weight excluding hydrogens is 339 g/mol. The minimum Gasteiger partial charge on any atom is -0.344 e. The number of nitrogens with zero attached hydrogens (tertiary/aromatic N) is 3. The molecule has 26 heavy (non-hydrogen) atoms. The largest absolute Gasteiger partial charge is 0.418 e. The summed E-state index contributed by atoms with van der Waals surface area (Å²) in [6.45, 7) is 6.27. The van der Waals surface area contributed by atoms with Gasteiger partial charge in [0.2, 0.25) is 0 Å². The summed E-state index contributed by atoms with van der Waals surface area (Å²) >= 11 is 0. The first kappa shape index (κ1) is 19.7. The highest BCUT2D eigenvalue weighted by Crippen LogP contribution is 2.38. The molecule has 0 bridgehead atoms. The highest BCUT2D eigenvalue weighted by Gasteiger charge is 2.34. The van der Waals surface area contributed by atoms with E-state index in [1.165, 1.54) is 17.0 Å². The van der Waals surface area contributed by atoms with Crippen molar-refractivity contribution in [3.8, 4) is 0 Å². The van der Waals surface area contributed by atoms with Crippen molar-refractivity contribution in [1.82, 2.24) is 0 Å². The quantitative estimate of drug-likeness (QED) is 0.367. The van der Waals surface area contributed by atoms with Crippen molar-refractivity contribution in [1.29, 1.82) is 0 Å². The molecule has 0 aliphatic rings. The van der Waals surface area contributed by atoms with Gasteiger partial charge in [-0.1, -0.05) is 37.6 Å². The van der Waals surface area contributed by atoms with E-state index in [9.17, 15) is 13.2 Å². The molecule has 0 spiro atoms.